The number of nitrogens with one attached hydrogen (secondary N) is 1. The quantitative estimate of drug-likeness (QED) is 0.916. The third kappa shape index (κ3) is 3.46. The number of aromatic nitrogens is 1. The maximum atomic E-state index is 6.08. The highest BCUT2D eigenvalue weighted by molar-refractivity contribution is 5.38. The average Bonchev–Trinajstić information content (AvgIpc) is 3.11. The van der Waals surface area contributed by atoms with Gasteiger partial charge in [-0.1, -0.05) is 12.1 Å². The van der Waals surface area contributed by atoms with Crippen molar-refractivity contribution >= 4 is 0 Å². The van der Waals surface area contributed by atoms with E-state index in [-0.39, 0.29) is 0 Å². The summed E-state index contributed by atoms with van der Waals surface area (Å²) in [6.07, 6.45) is 11.6. The van der Waals surface area contributed by atoms with Crippen molar-refractivity contribution < 1.29 is 9.64 Å². The topological polar surface area (TPSA) is 26.6 Å². The second-order valence-electron chi connectivity index (χ2n) is 7.13. The molecule has 0 amide bonds. The van der Waals surface area contributed by atoms with Gasteiger partial charge in [-0.15, -0.1) is 0 Å². The Morgan fingerprint density at radius 3 is 2.96 bits per heavy atom. The van der Waals surface area contributed by atoms with Crippen LogP contribution in [0.3, 0.4) is 0 Å². The Hall–Kier alpha value is -1.87. The molecule has 1 unspecified atom stereocenters. The fraction of sp³-hybridized carbons (Fsp3) is 0.476. The molecule has 0 saturated carbocycles. The smallest absolute Gasteiger partial charge is 0.137 e. The van der Waals surface area contributed by atoms with E-state index in [1.807, 2.05) is 12.4 Å². The van der Waals surface area contributed by atoms with E-state index < -0.39 is 0 Å². The Kier molecular flexibility index (Phi) is 4.79. The molecule has 2 aromatic rings. The van der Waals surface area contributed by atoms with Crippen LogP contribution in [0.25, 0.3) is 0 Å². The van der Waals surface area contributed by atoms with E-state index in [1.54, 1.807) is 4.90 Å². The summed E-state index contributed by atoms with van der Waals surface area (Å²) in [5, 5.41) is 0. The van der Waals surface area contributed by atoms with Gasteiger partial charge in [0.2, 0.25) is 0 Å². The SMILES string of the molecule is c1cncc([C@H]2CCCC[NH+]2CCOc2ccc3c(c2)CCC3)c1. The van der Waals surface area contributed by atoms with Gasteiger partial charge >= 0.3 is 0 Å². The van der Waals surface area contributed by atoms with Crippen molar-refractivity contribution in [2.24, 2.45) is 0 Å². The van der Waals surface area contributed by atoms with Crippen LogP contribution in [-0.2, 0) is 12.8 Å². The molecule has 126 valence electrons. The molecule has 0 radical (unpaired) electrons. The van der Waals surface area contributed by atoms with Crippen LogP contribution in [0, 0.1) is 0 Å². The number of benzene rings is 1. The molecule has 0 spiro atoms. The highest BCUT2D eigenvalue weighted by Crippen LogP contribution is 2.26. The van der Waals surface area contributed by atoms with E-state index in [0.717, 1.165) is 18.9 Å². The van der Waals surface area contributed by atoms with Gasteiger partial charge in [-0.25, -0.2) is 0 Å². The zero-order valence-corrected chi connectivity index (χ0v) is 14.3. The Balaban J connectivity index is 1.35. The fourth-order valence-electron chi connectivity index (χ4n) is 4.30. The number of likely N-dealkylation sites (tertiary alicyclic amines) is 1. The molecule has 4 rings (SSSR count). The summed E-state index contributed by atoms with van der Waals surface area (Å²) in [5.41, 5.74) is 4.39. The molecule has 2 aliphatic rings. The van der Waals surface area contributed by atoms with Crippen LogP contribution in [0.5, 0.6) is 5.75 Å². The molecule has 0 bridgehead atoms. The number of hydrogen-bond donors (Lipinski definition) is 1. The summed E-state index contributed by atoms with van der Waals surface area (Å²) < 4.78 is 6.08. The van der Waals surface area contributed by atoms with Crippen LogP contribution in [0.4, 0.5) is 0 Å². The number of quaternary nitrogens is 1. The standard InChI is InChI=1S/C21H26N2O/c1-2-12-23(21(8-1)19-7-4-11-22-16-19)13-14-24-20-10-9-17-5-3-6-18(17)15-20/h4,7,9-11,15-16,21H,1-3,5-6,8,12-14H2/p+1/t21-/m1/s1. The second-order valence-corrected chi connectivity index (χ2v) is 7.13. The molecule has 1 saturated heterocycles. The van der Waals surface area contributed by atoms with E-state index in [1.165, 1.54) is 61.8 Å². The van der Waals surface area contributed by atoms with Crippen molar-refractivity contribution in [3.8, 4) is 5.75 Å². The average molecular weight is 323 g/mol. The van der Waals surface area contributed by atoms with Crippen molar-refractivity contribution in [2.45, 2.75) is 44.6 Å². The number of fused-ring (bicyclic) bond motifs is 1. The first kappa shape index (κ1) is 15.6. The Bertz CT molecular complexity index is 671. The van der Waals surface area contributed by atoms with Crippen LogP contribution >= 0.6 is 0 Å². The third-order valence-electron chi connectivity index (χ3n) is 5.58. The predicted molar refractivity (Wildman–Crippen MR) is 95.5 cm³/mol. The van der Waals surface area contributed by atoms with Crippen LogP contribution in [0.2, 0.25) is 0 Å². The lowest BCUT2D eigenvalue weighted by Crippen LogP contribution is -3.13. The molecule has 1 aromatic carbocycles. The molecule has 2 heterocycles. The number of hydrogen-bond acceptors (Lipinski definition) is 2. The minimum Gasteiger partial charge on any atom is -0.488 e. The molecule has 1 aliphatic heterocycles. The second kappa shape index (κ2) is 7.35. The van der Waals surface area contributed by atoms with Crippen LogP contribution in [0.15, 0.2) is 42.7 Å². The van der Waals surface area contributed by atoms with Gasteiger partial charge in [0.25, 0.3) is 0 Å². The number of ether oxygens (including phenoxy) is 1. The van der Waals surface area contributed by atoms with Gasteiger partial charge in [0.05, 0.1) is 6.54 Å². The highest BCUT2D eigenvalue weighted by Gasteiger charge is 2.27. The molecule has 24 heavy (non-hydrogen) atoms. The van der Waals surface area contributed by atoms with Gasteiger partial charge in [0.15, 0.2) is 0 Å². The number of rotatable bonds is 5. The molecule has 1 aliphatic carbocycles. The predicted octanol–water partition coefficient (Wildman–Crippen LogP) is 2.76. The Morgan fingerprint density at radius 2 is 2.04 bits per heavy atom. The van der Waals surface area contributed by atoms with Crippen molar-refractivity contribution in [2.75, 3.05) is 19.7 Å². The summed E-state index contributed by atoms with van der Waals surface area (Å²) in [4.78, 5) is 5.96. The molecule has 3 nitrogen and oxygen atoms in total. The minimum absolute atomic E-state index is 0.580. The van der Waals surface area contributed by atoms with Gasteiger partial charge in [0, 0.05) is 24.4 Å². The van der Waals surface area contributed by atoms with E-state index in [9.17, 15) is 0 Å². The van der Waals surface area contributed by atoms with E-state index >= 15 is 0 Å². The van der Waals surface area contributed by atoms with Gasteiger partial charge in [-0.3, -0.25) is 4.98 Å². The van der Waals surface area contributed by atoms with Crippen molar-refractivity contribution in [3.63, 3.8) is 0 Å². The fourth-order valence-corrected chi connectivity index (χ4v) is 4.30. The highest BCUT2D eigenvalue weighted by atomic mass is 16.5. The molecule has 1 fully saturated rings. The van der Waals surface area contributed by atoms with Crippen molar-refractivity contribution in [3.05, 3.63) is 59.4 Å². The van der Waals surface area contributed by atoms with Crippen molar-refractivity contribution in [1.82, 2.24) is 4.98 Å². The lowest BCUT2D eigenvalue weighted by atomic mass is 9.96. The summed E-state index contributed by atoms with van der Waals surface area (Å²) in [5.74, 6) is 1.05. The van der Waals surface area contributed by atoms with Gasteiger partial charge in [0.1, 0.15) is 24.9 Å². The van der Waals surface area contributed by atoms with Gasteiger partial charge in [-0.05, 0) is 61.4 Å². The first-order valence-corrected chi connectivity index (χ1v) is 9.39. The van der Waals surface area contributed by atoms with Crippen LogP contribution in [-0.4, -0.2) is 24.7 Å². The lowest BCUT2D eigenvalue weighted by Gasteiger charge is -2.32. The number of nitrogens with zero attached hydrogens (tertiary/aromatic N) is 1. The zero-order valence-electron chi connectivity index (χ0n) is 14.3. The van der Waals surface area contributed by atoms with Gasteiger partial charge in [-0.2, -0.15) is 0 Å². The Morgan fingerprint density at radius 1 is 1.08 bits per heavy atom. The summed E-state index contributed by atoms with van der Waals surface area (Å²) in [6.45, 7) is 3.11. The summed E-state index contributed by atoms with van der Waals surface area (Å²) in [7, 11) is 0. The van der Waals surface area contributed by atoms with Crippen molar-refractivity contribution in [1.29, 1.82) is 0 Å². The zero-order chi connectivity index (χ0) is 16.2. The number of aryl methyl sites for hydroxylation is 2. The first-order valence-electron chi connectivity index (χ1n) is 9.39. The number of piperidine rings is 1. The summed E-state index contributed by atoms with van der Waals surface area (Å²) >= 11 is 0. The molecular formula is C21H27N2O+. The Labute approximate surface area is 144 Å². The van der Waals surface area contributed by atoms with E-state index in [4.69, 9.17) is 4.74 Å². The normalized spacial score (nSPS) is 23.0. The van der Waals surface area contributed by atoms with E-state index in [0.29, 0.717) is 6.04 Å². The lowest BCUT2D eigenvalue weighted by molar-refractivity contribution is -0.937. The molecule has 2 atom stereocenters. The molecule has 3 heteroatoms. The summed E-state index contributed by atoms with van der Waals surface area (Å²) in [6, 6.07) is 11.5. The van der Waals surface area contributed by atoms with Crippen LogP contribution < -0.4 is 9.64 Å². The number of pyridine rings is 1. The largest absolute Gasteiger partial charge is 0.488 e. The van der Waals surface area contributed by atoms with Gasteiger partial charge < -0.3 is 9.64 Å². The monoisotopic (exact) mass is 323 g/mol. The first-order chi connectivity index (χ1) is 11.9. The molecule has 1 aromatic heterocycles. The van der Waals surface area contributed by atoms with Crippen LogP contribution in [0.1, 0.15) is 48.4 Å². The molecular weight excluding hydrogens is 296 g/mol. The third-order valence-corrected chi connectivity index (χ3v) is 5.58. The maximum Gasteiger partial charge on any atom is 0.137 e. The van der Waals surface area contributed by atoms with E-state index in [2.05, 4.69) is 35.3 Å². The molecule has 1 N–H and O–H groups in total. The minimum atomic E-state index is 0.580. The maximum absolute atomic E-state index is 6.08.